The number of aromatic nitrogens is 2. The topological polar surface area (TPSA) is 68.8 Å². The summed E-state index contributed by atoms with van der Waals surface area (Å²) in [6.45, 7) is 8.12. The van der Waals surface area contributed by atoms with Crippen molar-refractivity contribution in [3.8, 4) is 0 Å². The second kappa shape index (κ2) is 8.54. The van der Waals surface area contributed by atoms with Gasteiger partial charge in [0.05, 0.1) is 31.0 Å². The Labute approximate surface area is 160 Å². The number of likely N-dealkylation sites (tertiary alicyclic amines) is 1. The predicted octanol–water partition coefficient (Wildman–Crippen LogP) is 1.46. The highest BCUT2D eigenvalue weighted by Crippen LogP contribution is 2.24. The van der Waals surface area contributed by atoms with Crippen molar-refractivity contribution < 1.29 is 4.74 Å². The number of morpholine rings is 1. The van der Waals surface area contributed by atoms with E-state index in [1.807, 2.05) is 6.07 Å². The zero-order valence-electron chi connectivity index (χ0n) is 15.8. The van der Waals surface area contributed by atoms with Crippen LogP contribution in [0.1, 0.15) is 18.2 Å². The third-order valence-electron chi connectivity index (χ3n) is 5.24. The van der Waals surface area contributed by atoms with Crippen LogP contribution in [0.25, 0.3) is 0 Å². The smallest absolute Gasteiger partial charge is 0.194 e. The van der Waals surface area contributed by atoms with Crippen LogP contribution in [0.2, 0.25) is 0 Å². The number of aromatic amines is 1. The Morgan fingerprint density at radius 3 is 2.96 bits per heavy atom. The molecule has 0 amide bonds. The van der Waals surface area contributed by atoms with E-state index >= 15 is 0 Å². The largest absolute Gasteiger partial charge is 0.373 e. The molecule has 0 radical (unpaired) electrons. The molecular formula is C20H28N6O. The van der Waals surface area contributed by atoms with Gasteiger partial charge in [-0.05, 0) is 18.6 Å². The summed E-state index contributed by atoms with van der Waals surface area (Å²) in [6, 6.07) is 13.1. The van der Waals surface area contributed by atoms with Gasteiger partial charge < -0.3 is 15.0 Å². The highest BCUT2D eigenvalue weighted by molar-refractivity contribution is 5.80. The molecule has 7 nitrogen and oxygen atoms in total. The maximum atomic E-state index is 6.10. The van der Waals surface area contributed by atoms with E-state index in [0.717, 1.165) is 51.0 Å². The van der Waals surface area contributed by atoms with Crippen molar-refractivity contribution in [1.29, 1.82) is 0 Å². The molecule has 4 rings (SSSR count). The van der Waals surface area contributed by atoms with E-state index in [9.17, 15) is 0 Å². The molecule has 2 atom stereocenters. The molecule has 7 heteroatoms. The molecule has 2 aromatic rings. The number of guanidine groups is 1. The Bertz CT molecular complexity index is 732. The number of nitrogens with zero attached hydrogens (tertiary/aromatic N) is 4. The molecule has 144 valence electrons. The molecule has 2 aliphatic heterocycles. The monoisotopic (exact) mass is 368 g/mol. The van der Waals surface area contributed by atoms with E-state index < -0.39 is 0 Å². The molecular weight excluding hydrogens is 340 g/mol. The number of aliphatic imine (C=N–C) groups is 1. The van der Waals surface area contributed by atoms with Crippen LogP contribution >= 0.6 is 0 Å². The molecule has 3 heterocycles. The third-order valence-corrected chi connectivity index (χ3v) is 5.24. The molecule has 0 bridgehead atoms. The van der Waals surface area contributed by atoms with Crippen LogP contribution in [0.4, 0.5) is 0 Å². The summed E-state index contributed by atoms with van der Waals surface area (Å²) in [7, 11) is 0. The number of hydrogen-bond acceptors (Lipinski definition) is 4. The number of fused-ring (bicyclic) bond motifs is 1. The lowest BCUT2D eigenvalue weighted by molar-refractivity contribution is -0.0502. The van der Waals surface area contributed by atoms with Gasteiger partial charge in [-0.2, -0.15) is 5.10 Å². The highest BCUT2D eigenvalue weighted by atomic mass is 16.5. The second-order valence-corrected chi connectivity index (χ2v) is 7.09. The molecule has 2 saturated heterocycles. The molecule has 27 heavy (non-hydrogen) atoms. The van der Waals surface area contributed by atoms with Crippen molar-refractivity contribution in [3.05, 3.63) is 53.9 Å². The Balaban J connectivity index is 1.44. The van der Waals surface area contributed by atoms with Crippen molar-refractivity contribution in [1.82, 2.24) is 25.3 Å². The maximum absolute atomic E-state index is 6.10. The Hall–Kier alpha value is -2.38. The van der Waals surface area contributed by atoms with Crippen molar-refractivity contribution in [2.24, 2.45) is 4.99 Å². The van der Waals surface area contributed by atoms with Gasteiger partial charge in [-0.3, -0.25) is 10.00 Å². The van der Waals surface area contributed by atoms with Crippen molar-refractivity contribution >= 4 is 5.96 Å². The van der Waals surface area contributed by atoms with Gasteiger partial charge in [-0.25, -0.2) is 4.99 Å². The zero-order chi connectivity index (χ0) is 18.5. The zero-order valence-corrected chi connectivity index (χ0v) is 15.8. The molecule has 2 aliphatic rings. The first-order valence-corrected chi connectivity index (χ1v) is 9.74. The molecule has 1 aromatic carbocycles. The van der Waals surface area contributed by atoms with Crippen LogP contribution < -0.4 is 5.32 Å². The van der Waals surface area contributed by atoms with E-state index in [2.05, 4.69) is 62.6 Å². The number of rotatable bonds is 5. The molecule has 0 saturated carbocycles. The van der Waals surface area contributed by atoms with Gasteiger partial charge in [0.15, 0.2) is 5.96 Å². The quantitative estimate of drug-likeness (QED) is 0.618. The minimum atomic E-state index is 0.235. The molecule has 0 spiro atoms. The SMILES string of the molecule is CCNC(=NCc1ccn[nH]1)N1CC2OCCN(Cc3ccccc3)C2C1. The predicted molar refractivity (Wildman–Crippen MR) is 105 cm³/mol. The van der Waals surface area contributed by atoms with Gasteiger partial charge >= 0.3 is 0 Å². The standard InChI is InChI=1S/C20H28N6O/c1-2-21-20(22-12-17-8-9-23-24-17)26-14-18-19(15-26)27-11-10-25(18)13-16-6-4-3-5-7-16/h3-9,18-19H,2,10-15H2,1H3,(H,21,22)(H,23,24). The van der Waals surface area contributed by atoms with Gasteiger partial charge in [0, 0.05) is 38.9 Å². The number of H-pyrrole nitrogens is 1. The van der Waals surface area contributed by atoms with Crippen LogP contribution in [0.3, 0.4) is 0 Å². The van der Waals surface area contributed by atoms with E-state index in [4.69, 9.17) is 9.73 Å². The van der Waals surface area contributed by atoms with Gasteiger partial charge in [0.1, 0.15) is 0 Å². The van der Waals surface area contributed by atoms with Crippen molar-refractivity contribution in [2.75, 3.05) is 32.8 Å². The maximum Gasteiger partial charge on any atom is 0.194 e. The van der Waals surface area contributed by atoms with Crippen molar-refractivity contribution in [2.45, 2.75) is 32.2 Å². The molecule has 0 aliphatic carbocycles. The number of benzene rings is 1. The average molecular weight is 368 g/mol. The highest BCUT2D eigenvalue weighted by Gasteiger charge is 2.41. The number of nitrogens with one attached hydrogen (secondary N) is 2. The van der Waals surface area contributed by atoms with Gasteiger partial charge in [0.2, 0.25) is 0 Å². The van der Waals surface area contributed by atoms with E-state index in [1.54, 1.807) is 6.20 Å². The van der Waals surface area contributed by atoms with Crippen LogP contribution in [0.5, 0.6) is 0 Å². The summed E-state index contributed by atoms with van der Waals surface area (Å²) in [5.41, 5.74) is 2.38. The summed E-state index contributed by atoms with van der Waals surface area (Å²) in [4.78, 5) is 9.68. The van der Waals surface area contributed by atoms with Crippen LogP contribution in [0.15, 0.2) is 47.6 Å². The Morgan fingerprint density at radius 2 is 2.19 bits per heavy atom. The number of hydrogen-bond donors (Lipinski definition) is 2. The van der Waals surface area contributed by atoms with E-state index in [0.29, 0.717) is 12.6 Å². The minimum absolute atomic E-state index is 0.235. The van der Waals surface area contributed by atoms with Crippen LogP contribution in [-0.2, 0) is 17.8 Å². The Morgan fingerprint density at radius 1 is 1.30 bits per heavy atom. The van der Waals surface area contributed by atoms with E-state index in [1.165, 1.54) is 5.56 Å². The lowest BCUT2D eigenvalue weighted by Gasteiger charge is -2.36. The summed E-state index contributed by atoms with van der Waals surface area (Å²) in [6.07, 6.45) is 2.00. The van der Waals surface area contributed by atoms with Crippen LogP contribution in [-0.4, -0.2) is 70.9 Å². The van der Waals surface area contributed by atoms with Gasteiger partial charge in [-0.1, -0.05) is 30.3 Å². The Kier molecular flexibility index (Phi) is 5.69. The first-order chi connectivity index (χ1) is 13.3. The van der Waals surface area contributed by atoms with Crippen molar-refractivity contribution in [3.63, 3.8) is 0 Å². The van der Waals surface area contributed by atoms with Gasteiger partial charge in [0.25, 0.3) is 0 Å². The second-order valence-electron chi connectivity index (χ2n) is 7.09. The lowest BCUT2D eigenvalue weighted by atomic mass is 10.1. The molecule has 2 N–H and O–H groups in total. The number of ether oxygens (including phenoxy) is 1. The molecule has 2 fully saturated rings. The lowest BCUT2D eigenvalue weighted by Crippen LogP contribution is -2.50. The summed E-state index contributed by atoms with van der Waals surface area (Å²) in [5.74, 6) is 0.949. The van der Waals surface area contributed by atoms with Crippen LogP contribution in [0, 0.1) is 0 Å². The molecule has 1 aromatic heterocycles. The third kappa shape index (κ3) is 4.31. The summed E-state index contributed by atoms with van der Waals surface area (Å²) >= 11 is 0. The first-order valence-electron chi connectivity index (χ1n) is 9.74. The molecule has 2 unspecified atom stereocenters. The fourth-order valence-corrected chi connectivity index (χ4v) is 3.90. The fraction of sp³-hybridized carbons (Fsp3) is 0.500. The average Bonchev–Trinajstić information content (AvgIpc) is 3.36. The van der Waals surface area contributed by atoms with E-state index in [-0.39, 0.29) is 6.10 Å². The summed E-state index contributed by atoms with van der Waals surface area (Å²) in [5, 5.41) is 10.4. The van der Waals surface area contributed by atoms with Gasteiger partial charge in [-0.15, -0.1) is 0 Å². The first kappa shape index (κ1) is 18.0. The normalized spacial score (nSPS) is 23.4. The fourth-order valence-electron chi connectivity index (χ4n) is 3.90. The summed E-state index contributed by atoms with van der Waals surface area (Å²) < 4.78 is 6.10. The minimum Gasteiger partial charge on any atom is -0.373 e.